The van der Waals surface area contributed by atoms with Gasteiger partial charge in [-0.05, 0) is 18.1 Å². The number of nitrogens with zero attached hydrogens (tertiary/aromatic N) is 1. The molecule has 2 rings (SSSR count). The minimum absolute atomic E-state index is 0.0105. The third kappa shape index (κ3) is 2.59. The van der Waals surface area contributed by atoms with Crippen molar-refractivity contribution in [1.29, 1.82) is 0 Å². The first-order chi connectivity index (χ1) is 9.04. The number of carbonyl (C=O) groups excluding carboxylic acids is 1. The Labute approximate surface area is 120 Å². The standard InChI is InChI=1S/C13H25NO5Si/c1-13(2,3)20(4,5)19-11-8-7-18-12(17)14(8)6-9(15)10(11)16/h8-11,15-16H,6-7H2,1-5H3/t8-,9-,10-,11-/m1/s1. The zero-order valence-corrected chi connectivity index (χ0v) is 13.8. The number of fused-ring (bicyclic) bond motifs is 1. The molecular weight excluding hydrogens is 278 g/mol. The van der Waals surface area contributed by atoms with Crippen molar-refractivity contribution >= 4 is 14.4 Å². The average molecular weight is 303 g/mol. The number of aliphatic hydroxyl groups excluding tert-OH is 2. The second-order valence-electron chi connectivity index (χ2n) is 7.20. The maximum Gasteiger partial charge on any atom is 0.410 e. The molecule has 4 atom stereocenters. The Morgan fingerprint density at radius 1 is 1.35 bits per heavy atom. The molecule has 0 aromatic carbocycles. The molecule has 0 bridgehead atoms. The minimum Gasteiger partial charge on any atom is -0.447 e. The summed E-state index contributed by atoms with van der Waals surface area (Å²) in [4.78, 5) is 13.1. The molecular formula is C13H25NO5Si. The number of carbonyl (C=O) groups is 1. The highest BCUT2D eigenvalue weighted by atomic mass is 28.4. The highest BCUT2D eigenvalue weighted by Crippen LogP contribution is 2.39. The summed E-state index contributed by atoms with van der Waals surface area (Å²) in [6.45, 7) is 10.8. The number of rotatable bonds is 2. The number of amides is 1. The summed E-state index contributed by atoms with van der Waals surface area (Å²) in [5.41, 5.74) is 0. The van der Waals surface area contributed by atoms with Gasteiger partial charge in [0.25, 0.3) is 0 Å². The van der Waals surface area contributed by atoms with Crippen molar-refractivity contribution in [2.24, 2.45) is 0 Å². The molecule has 0 aromatic rings. The average Bonchev–Trinajstić information content (AvgIpc) is 2.65. The van der Waals surface area contributed by atoms with Crippen LogP contribution >= 0.6 is 0 Å². The van der Waals surface area contributed by atoms with Gasteiger partial charge in [0.2, 0.25) is 0 Å². The molecule has 0 aliphatic carbocycles. The first kappa shape index (κ1) is 15.8. The maximum atomic E-state index is 11.6. The van der Waals surface area contributed by atoms with Crippen LogP contribution in [-0.4, -0.2) is 67.0 Å². The van der Waals surface area contributed by atoms with Crippen LogP contribution in [0.3, 0.4) is 0 Å². The van der Waals surface area contributed by atoms with Gasteiger partial charge in [-0.25, -0.2) is 4.79 Å². The fraction of sp³-hybridized carbons (Fsp3) is 0.923. The molecule has 7 heteroatoms. The molecule has 2 aliphatic heterocycles. The molecule has 0 saturated carbocycles. The number of hydrogen-bond acceptors (Lipinski definition) is 5. The fourth-order valence-electron chi connectivity index (χ4n) is 2.37. The van der Waals surface area contributed by atoms with Gasteiger partial charge in [0.05, 0.1) is 18.7 Å². The molecule has 2 N–H and O–H groups in total. The van der Waals surface area contributed by atoms with Gasteiger partial charge in [-0.2, -0.15) is 0 Å². The van der Waals surface area contributed by atoms with Crippen molar-refractivity contribution in [1.82, 2.24) is 4.90 Å². The van der Waals surface area contributed by atoms with E-state index in [2.05, 4.69) is 33.9 Å². The summed E-state index contributed by atoms with van der Waals surface area (Å²) in [5.74, 6) is 0. The lowest BCUT2D eigenvalue weighted by molar-refractivity contribution is -0.112. The zero-order chi connectivity index (χ0) is 15.3. The Balaban J connectivity index is 2.22. The van der Waals surface area contributed by atoms with Gasteiger partial charge < -0.3 is 19.4 Å². The van der Waals surface area contributed by atoms with E-state index in [9.17, 15) is 15.0 Å². The van der Waals surface area contributed by atoms with Crippen LogP contribution in [0.25, 0.3) is 0 Å². The van der Waals surface area contributed by atoms with Crippen LogP contribution in [0.1, 0.15) is 20.8 Å². The zero-order valence-electron chi connectivity index (χ0n) is 12.8. The minimum atomic E-state index is -2.11. The van der Waals surface area contributed by atoms with Gasteiger partial charge in [-0.15, -0.1) is 0 Å². The van der Waals surface area contributed by atoms with Crippen molar-refractivity contribution in [3.05, 3.63) is 0 Å². The molecule has 116 valence electrons. The second kappa shape index (κ2) is 4.98. The smallest absolute Gasteiger partial charge is 0.410 e. The predicted molar refractivity (Wildman–Crippen MR) is 75.9 cm³/mol. The molecule has 0 radical (unpaired) electrons. The van der Waals surface area contributed by atoms with E-state index >= 15 is 0 Å². The first-order valence-corrected chi connectivity index (χ1v) is 9.93. The van der Waals surface area contributed by atoms with Gasteiger partial charge >= 0.3 is 6.09 Å². The van der Waals surface area contributed by atoms with Crippen LogP contribution in [0.5, 0.6) is 0 Å². The van der Waals surface area contributed by atoms with E-state index in [1.165, 1.54) is 4.90 Å². The summed E-state index contributed by atoms with van der Waals surface area (Å²) in [6, 6.07) is -0.310. The summed E-state index contributed by atoms with van der Waals surface area (Å²) < 4.78 is 11.3. The van der Waals surface area contributed by atoms with Crippen LogP contribution in [0, 0.1) is 0 Å². The molecule has 2 saturated heterocycles. The van der Waals surface area contributed by atoms with Crippen molar-refractivity contribution in [3.8, 4) is 0 Å². The Bertz CT molecular complexity index is 395. The molecule has 0 unspecified atom stereocenters. The van der Waals surface area contributed by atoms with Crippen molar-refractivity contribution < 1.29 is 24.2 Å². The largest absolute Gasteiger partial charge is 0.447 e. The predicted octanol–water partition coefficient (Wildman–Crippen LogP) is 0.933. The van der Waals surface area contributed by atoms with Crippen LogP contribution < -0.4 is 0 Å². The Hall–Kier alpha value is -0.633. The van der Waals surface area contributed by atoms with Crippen molar-refractivity contribution in [3.63, 3.8) is 0 Å². The highest BCUT2D eigenvalue weighted by Gasteiger charge is 2.52. The fourth-order valence-corrected chi connectivity index (χ4v) is 3.70. The van der Waals surface area contributed by atoms with E-state index < -0.39 is 32.7 Å². The molecule has 1 amide bonds. The number of hydrogen-bond donors (Lipinski definition) is 2. The van der Waals surface area contributed by atoms with E-state index in [1.807, 2.05) is 0 Å². The van der Waals surface area contributed by atoms with Crippen LogP contribution in [0.15, 0.2) is 0 Å². The molecule has 2 fully saturated rings. The summed E-state index contributed by atoms with van der Waals surface area (Å²) in [7, 11) is -2.11. The third-order valence-corrected chi connectivity index (χ3v) is 9.22. The SMILES string of the molecule is CC(C)(C)[Si](C)(C)O[C@H]1[C@H](O)[C@H](O)CN2C(=O)OC[C@H]12. The number of aliphatic hydroxyl groups is 2. The Morgan fingerprint density at radius 2 is 1.95 bits per heavy atom. The lowest BCUT2D eigenvalue weighted by Crippen LogP contribution is -2.64. The quantitative estimate of drug-likeness (QED) is 0.742. The van der Waals surface area contributed by atoms with Gasteiger partial charge in [0, 0.05) is 0 Å². The summed E-state index contributed by atoms with van der Waals surface area (Å²) >= 11 is 0. The third-order valence-electron chi connectivity index (χ3n) is 4.74. The Kier molecular flexibility index (Phi) is 3.92. The van der Waals surface area contributed by atoms with E-state index in [-0.39, 0.29) is 24.2 Å². The molecule has 20 heavy (non-hydrogen) atoms. The van der Waals surface area contributed by atoms with Crippen molar-refractivity contribution in [2.45, 2.75) is 63.3 Å². The normalized spacial score (nSPS) is 35.0. The van der Waals surface area contributed by atoms with Crippen LogP contribution in [0.4, 0.5) is 4.79 Å². The van der Waals surface area contributed by atoms with Crippen molar-refractivity contribution in [2.75, 3.05) is 13.2 Å². The lowest BCUT2D eigenvalue weighted by Gasteiger charge is -2.46. The van der Waals surface area contributed by atoms with E-state index in [4.69, 9.17) is 9.16 Å². The second-order valence-corrected chi connectivity index (χ2v) is 12.0. The highest BCUT2D eigenvalue weighted by molar-refractivity contribution is 6.74. The van der Waals surface area contributed by atoms with Gasteiger partial charge in [-0.3, -0.25) is 4.90 Å². The first-order valence-electron chi connectivity index (χ1n) is 7.02. The molecule has 0 spiro atoms. The van der Waals surface area contributed by atoms with Gasteiger partial charge in [0.15, 0.2) is 8.32 Å². The number of piperidine rings is 1. The molecule has 2 aliphatic rings. The van der Waals surface area contributed by atoms with Gasteiger partial charge in [0.1, 0.15) is 18.8 Å². The van der Waals surface area contributed by atoms with Gasteiger partial charge in [-0.1, -0.05) is 20.8 Å². The Morgan fingerprint density at radius 3 is 2.50 bits per heavy atom. The summed E-state index contributed by atoms with van der Waals surface area (Å²) in [5, 5.41) is 20.2. The number of cyclic esters (lactones) is 1. The topological polar surface area (TPSA) is 79.2 Å². The van der Waals surface area contributed by atoms with E-state index in [0.29, 0.717) is 0 Å². The summed E-state index contributed by atoms with van der Waals surface area (Å²) in [6.07, 6.45) is -3.01. The molecule has 0 aromatic heterocycles. The van der Waals surface area contributed by atoms with E-state index in [1.54, 1.807) is 0 Å². The lowest BCUT2D eigenvalue weighted by atomic mass is 9.95. The molecule has 2 heterocycles. The van der Waals surface area contributed by atoms with Crippen LogP contribution in [-0.2, 0) is 9.16 Å². The monoisotopic (exact) mass is 303 g/mol. The van der Waals surface area contributed by atoms with Crippen LogP contribution in [0.2, 0.25) is 18.1 Å². The maximum absolute atomic E-state index is 11.6. The molecule has 6 nitrogen and oxygen atoms in total. The number of ether oxygens (including phenoxy) is 1. The van der Waals surface area contributed by atoms with E-state index in [0.717, 1.165) is 0 Å².